The first-order valence-electron chi connectivity index (χ1n) is 6.49. The van der Waals surface area contributed by atoms with Gasteiger partial charge < -0.3 is 10.1 Å². The predicted molar refractivity (Wildman–Crippen MR) is 71.6 cm³/mol. The summed E-state index contributed by atoms with van der Waals surface area (Å²) in [4.78, 5) is 23.8. The lowest BCUT2D eigenvalue weighted by Crippen LogP contribution is -2.37. The number of nitrogens with one attached hydrogen (secondary N) is 1. The smallest absolute Gasteiger partial charge is 0.329 e. The first-order valence-corrected chi connectivity index (χ1v) is 6.49. The molecule has 1 aromatic carbocycles. The molecule has 1 aliphatic rings. The number of amides is 1. The highest BCUT2D eigenvalue weighted by Gasteiger charge is 2.47. The predicted octanol–water partition coefficient (Wildman–Crippen LogP) is 0.843. The highest BCUT2D eigenvalue weighted by Crippen LogP contribution is 2.34. The molecule has 106 valence electrons. The van der Waals surface area contributed by atoms with Crippen LogP contribution in [0, 0.1) is 28.6 Å². The number of nitriles is 2. The normalized spacial score (nSPS) is 23.8. The highest BCUT2D eigenvalue weighted by molar-refractivity contribution is 5.93. The third kappa shape index (κ3) is 2.70. The second-order valence-corrected chi connectivity index (χ2v) is 4.60. The standard InChI is InChI=1S/C15H13N3O3/c1-2-21-15(20)13-12(11(8-17)14(19)18-13)10-5-3-9(7-16)4-6-10/h3-6,11-13H,2H2,1H3,(H,18,19)/t11-,12-,13-/m1/s1. The first kappa shape index (κ1) is 14.5. The van der Waals surface area contributed by atoms with Gasteiger partial charge in [-0.25, -0.2) is 4.79 Å². The van der Waals surface area contributed by atoms with Gasteiger partial charge in [-0.1, -0.05) is 12.1 Å². The van der Waals surface area contributed by atoms with Crippen molar-refractivity contribution in [3.05, 3.63) is 35.4 Å². The summed E-state index contributed by atoms with van der Waals surface area (Å²) in [6, 6.07) is 9.54. The SMILES string of the molecule is CCOC(=O)[C@@H]1NC(=O)[C@H](C#N)[C@H]1c1ccc(C#N)cc1. The molecule has 3 atom stereocenters. The van der Waals surface area contributed by atoms with Crippen LogP contribution in [-0.2, 0) is 14.3 Å². The van der Waals surface area contributed by atoms with E-state index in [1.807, 2.05) is 12.1 Å². The molecule has 1 fully saturated rings. The molecule has 1 heterocycles. The first-order chi connectivity index (χ1) is 10.1. The van der Waals surface area contributed by atoms with Crippen molar-refractivity contribution in [2.75, 3.05) is 6.61 Å². The second-order valence-electron chi connectivity index (χ2n) is 4.60. The molecule has 0 unspecified atom stereocenters. The summed E-state index contributed by atoms with van der Waals surface area (Å²) in [5.74, 6) is -2.61. The van der Waals surface area contributed by atoms with Crippen molar-refractivity contribution in [3.63, 3.8) is 0 Å². The molecule has 1 N–H and O–H groups in total. The van der Waals surface area contributed by atoms with Crippen LogP contribution in [0.25, 0.3) is 0 Å². The molecule has 6 nitrogen and oxygen atoms in total. The van der Waals surface area contributed by atoms with Gasteiger partial charge in [-0.3, -0.25) is 4.79 Å². The van der Waals surface area contributed by atoms with Crippen LogP contribution in [0.1, 0.15) is 24.0 Å². The number of carbonyl (C=O) groups is 2. The van der Waals surface area contributed by atoms with E-state index in [9.17, 15) is 14.9 Å². The number of ether oxygens (including phenoxy) is 1. The quantitative estimate of drug-likeness (QED) is 0.828. The zero-order chi connectivity index (χ0) is 15.4. The fourth-order valence-electron chi connectivity index (χ4n) is 2.43. The molecule has 0 saturated carbocycles. The van der Waals surface area contributed by atoms with Gasteiger partial charge in [0.25, 0.3) is 0 Å². The number of nitrogens with zero attached hydrogens (tertiary/aromatic N) is 2. The van der Waals surface area contributed by atoms with Crippen LogP contribution in [-0.4, -0.2) is 24.5 Å². The van der Waals surface area contributed by atoms with E-state index in [0.29, 0.717) is 11.1 Å². The lowest BCUT2D eigenvalue weighted by Gasteiger charge is -2.19. The Bertz CT molecular complexity index is 640. The number of benzene rings is 1. The fraction of sp³-hybridized carbons (Fsp3) is 0.333. The Morgan fingerprint density at radius 1 is 1.33 bits per heavy atom. The van der Waals surface area contributed by atoms with Crippen molar-refractivity contribution < 1.29 is 14.3 Å². The van der Waals surface area contributed by atoms with Crippen LogP contribution in [0.15, 0.2) is 24.3 Å². The summed E-state index contributed by atoms with van der Waals surface area (Å²) in [7, 11) is 0. The third-order valence-electron chi connectivity index (χ3n) is 3.40. The van der Waals surface area contributed by atoms with Crippen LogP contribution >= 0.6 is 0 Å². The Morgan fingerprint density at radius 2 is 2.00 bits per heavy atom. The van der Waals surface area contributed by atoms with Gasteiger partial charge >= 0.3 is 5.97 Å². The summed E-state index contributed by atoms with van der Waals surface area (Å²) in [6.07, 6.45) is 0. The van der Waals surface area contributed by atoms with E-state index in [1.54, 1.807) is 31.2 Å². The summed E-state index contributed by atoms with van der Waals surface area (Å²) in [5.41, 5.74) is 1.12. The van der Waals surface area contributed by atoms with Gasteiger partial charge in [0, 0.05) is 5.92 Å². The maximum absolute atomic E-state index is 12.0. The Morgan fingerprint density at radius 3 is 2.52 bits per heavy atom. The molecule has 6 heteroatoms. The molecule has 0 aromatic heterocycles. The molecule has 1 amide bonds. The molecule has 1 saturated heterocycles. The van der Waals surface area contributed by atoms with Gasteiger partial charge in [0.2, 0.25) is 5.91 Å². The molecule has 0 radical (unpaired) electrons. The maximum Gasteiger partial charge on any atom is 0.329 e. The van der Waals surface area contributed by atoms with E-state index < -0.39 is 29.8 Å². The summed E-state index contributed by atoms with van der Waals surface area (Å²) in [5, 5.41) is 20.5. The lowest BCUT2D eigenvalue weighted by molar-refractivity contribution is -0.146. The van der Waals surface area contributed by atoms with Gasteiger partial charge in [-0.05, 0) is 24.6 Å². The average molecular weight is 283 g/mol. The molecule has 1 aromatic rings. The Hall–Kier alpha value is -2.86. The van der Waals surface area contributed by atoms with Gasteiger partial charge in [0.05, 0.1) is 24.3 Å². The van der Waals surface area contributed by atoms with Gasteiger partial charge in [-0.2, -0.15) is 10.5 Å². The van der Waals surface area contributed by atoms with Crippen molar-refractivity contribution in [2.24, 2.45) is 5.92 Å². The molecule has 1 aliphatic heterocycles. The van der Waals surface area contributed by atoms with E-state index in [0.717, 1.165) is 0 Å². The van der Waals surface area contributed by atoms with E-state index in [-0.39, 0.29) is 6.61 Å². The van der Waals surface area contributed by atoms with E-state index in [1.165, 1.54) is 0 Å². The van der Waals surface area contributed by atoms with Crippen molar-refractivity contribution in [3.8, 4) is 12.1 Å². The van der Waals surface area contributed by atoms with E-state index in [4.69, 9.17) is 10.00 Å². The largest absolute Gasteiger partial charge is 0.464 e. The number of esters is 1. The monoisotopic (exact) mass is 283 g/mol. The zero-order valence-corrected chi connectivity index (χ0v) is 11.4. The number of rotatable bonds is 3. The molecule has 0 bridgehead atoms. The van der Waals surface area contributed by atoms with Crippen molar-refractivity contribution in [2.45, 2.75) is 18.9 Å². The molecule has 0 spiro atoms. The van der Waals surface area contributed by atoms with Crippen LogP contribution in [0.5, 0.6) is 0 Å². The number of hydrogen-bond donors (Lipinski definition) is 1. The van der Waals surface area contributed by atoms with Gasteiger partial charge in [0.1, 0.15) is 12.0 Å². The van der Waals surface area contributed by atoms with Gasteiger partial charge in [-0.15, -0.1) is 0 Å². The lowest BCUT2D eigenvalue weighted by atomic mass is 9.84. The molecule has 2 rings (SSSR count). The number of carbonyl (C=O) groups excluding carboxylic acids is 2. The molecular formula is C15H13N3O3. The topological polar surface area (TPSA) is 103 Å². The Balaban J connectivity index is 2.38. The maximum atomic E-state index is 12.0. The molecule has 0 aliphatic carbocycles. The molecular weight excluding hydrogens is 270 g/mol. The van der Waals surface area contributed by atoms with Crippen LogP contribution in [0.2, 0.25) is 0 Å². The minimum atomic E-state index is -0.952. The Kier molecular flexibility index (Phi) is 4.20. The van der Waals surface area contributed by atoms with Crippen LogP contribution in [0.4, 0.5) is 0 Å². The van der Waals surface area contributed by atoms with Crippen molar-refractivity contribution in [1.82, 2.24) is 5.32 Å². The highest BCUT2D eigenvalue weighted by atomic mass is 16.5. The summed E-state index contributed by atoms with van der Waals surface area (Å²) in [6.45, 7) is 1.87. The Labute approximate surface area is 121 Å². The molecule has 21 heavy (non-hydrogen) atoms. The number of hydrogen-bond acceptors (Lipinski definition) is 5. The van der Waals surface area contributed by atoms with E-state index >= 15 is 0 Å². The second kappa shape index (κ2) is 6.06. The third-order valence-corrected chi connectivity index (χ3v) is 3.40. The fourth-order valence-corrected chi connectivity index (χ4v) is 2.43. The minimum absolute atomic E-state index is 0.197. The van der Waals surface area contributed by atoms with Crippen molar-refractivity contribution >= 4 is 11.9 Å². The summed E-state index contributed by atoms with van der Waals surface area (Å²) >= 11 is 0. The summed E-state index contributed by atoms with van der Waals surface area (Å²) < 4.78 is 4.95. The minimum Gasteiger partial charge on any atom is -0.464 e. The zero-order valence-electron chi connectivity index (χ0n) is 11.4. The average Bonchev–Trinajstić information content (AvgIpc) is 2.84. The van der Waals surface area contributed by atoms with Gasteiger partial charge in [0.15, 0.2) is 0 Å². The van der Waals surface area contributed by atoms with Crippen LogP contribution < -0.4 is 5.32 Å². The van der Waals surface area contributed by atoms with Crippen molar-refractivity contribution in [1.29, 1.82) is 10.5 Å². The van der Waals surface area contributed by atoms with Crippen LogP contribution in [0.3, 0.4) is 0 Å². The van der Waals surface area contributed by atoms with E-state index in [2.05, 4.69) is 5.32 Å².